The van der Waals surface area contributed by atoms with Crippen molar-refractivity contribution < 1.29 is 0 Å². The van der Waals surface area contributed by atoms with Crippen LogP contribution in [-0.4, -0.2) is 38.6 Å². The van der Waals surface area contributed by atoms with Gasteiger partial charge in [0.25, 0.3) is 0 Å². The average molecular weight is 295 g/mol. The fraction of sp³-hybridized carbons (Fsp3) is 0.538. The van der Waals surface area contributed by atoms with Crippen molar-refractivity contribution in [3.63, 3.8) is 0 Å². The summed E-state index contributed by atoms with van der Waals surface area (Å²) < 4.78 is 2.93. The molecular formula is C13H15ClN4S. The molecular weight excluding hydrogens is 280 g/mol. The first-order valence-corrected chi connectivity index (χ1v) is 7.51. The molecule has 1 saturated carbocycles. The summed E-state index contributed by atoms with van der Waals surface area (Å²) in [6, 6.07) is 3.16. The number of aromatic nitrogens is 3. The summed E-state index contributed by atoms with van der Waals surface area (Å²) in [6.45, 7) is 2.27. The lowest BCUT2D eigenvalue weighted by Gasteiger charge is -2.15. The number of aromatic amines is 1. The SMILES string of the molecule is S=c1[nH]c2cc(Cl)cnc2n1C1CCN(C2CC2)C1. The predicted molar refractivity (Wildman–Crippen MR) is 78.2 cm³/mol. The van der Waals surface area contributed by atoms with Crippen LogP contribution in [0.25, 0.3) is 11.2 Å². The molecule has 1 unspecified atom stereocenters. The molecule has 2 fully saturated rings. The van der Waals surface area contributed by atoms with Crippen molar-refractivity contribution in [2.75, 3.05) is 13.1 Å². The number of imidazole rings is 1. The number of hydrogen-bond donors (Lipinski definition) is 1. The van der Waals surface area contributed by atoms with Crippen molar-refractivity contribution in [1.82, 2.24) is 19.4 Å². The number of halogens is 1. The normalized spacial score (nSPS) is 24.4. The molecule has 100 valence electrons. The lowest BCUT2D eigenvalue weighted by Crippen LogP contribution is -2.23. The van der Waals surface area contributed by atoms with Crippen LogP contribution >= 0.6 is 23.8 Å². The molecule has 1 saturated heterocycles. The van der Waals surface area contributed by atoms with Crippen molar-refractivity contribution in [3.8, 4) is 0 Å². The highest BCUT2D eigenvalue weighted by Gasteiger charge is 2.35. The quantitative estimate of drug-likeness (QED) is 0.865. The highest BCUT2D eigenvalue weighted by molar-refractivity contribution is 7.71. The third kappa shape index (κ3) is 2.00. The smallest absolute Gasteiger partial charge is 0.179 e. The standard InChI is InChI=1S/C13H15ClN4S/c14-8-5-11-12(15-6-8)18(13(19)16-11)10-3-4-17(7-10)9-1-2-9/h5-6,9-10H,1-4,7H2,(H,16,19). The first kappa shape index (κ1) is 11.9. The molecule has 4 rings (SSSR count). The Morgan fingerprint density at radius 3 is 2.95 bits per heavy atom. The van der Waals surface area contributed by atoms with Crippen LogP contribution in [0.3, 0.4) is 0 Å². The van der Waals surface area contributed by atoms with Gasteiger partial charge in [-0.25, -0.2) is 4.98 Å². The second kappa shape index (κ2) is 4.30. The highest BCUT2D eigenvalue weighted by Crippen LogP contribution is 2.34. The van der Waals surface area contributed by atoms with Crippen LogP contribution in [0.4, 0.5) is 0 Å². The third-order valence-electron chi connectivity index (χ3n) is 4.15. The second-order valence-electron chi connectivity index (χ2n) is 5.49. The molecule has 0 amide bonds. The Labute approximate surface area is 121 Å². The Hall–Kier alpha value is -0.910. The Bertz CT molecular complexity index is 687. The summed E-state index contributed by atoms with van der Waals surface area (Å²) in [5.74, 6) is 0. The number of fused-ring (bicyclic) bond motifs is 1. The van der Waals surface area contributed by atoms with Crippen molar-refractivity contribution in [1.29, 1.82) is 0 Å². The molecule has 2 aromatic rings. The molecule has 1 atom stereocenters. The summed E-state index contributed by atoms with van der Waals surface area (Å²) in [6.07, 6.45) is 5.57. The van der Waals surface area contributed by atoms with Gasteiger partial charge in [0.15, 0.2) is 10.4 Å². The molecule has 4 nitrogen and oxygen atoms in total. The number of likely N-dealkylation sites (tertiary alicyclic amines) is 1. The van der Waals surface area contributed by atoms with Gasteiger partial charge in [0, 0.05) is 25.3 Å². The average Bonchev–Trinajstić information content (AvgIpc) is 3.02. The molecule has 0 bridgehead atoms. The molecule has 0 spiro atoms. The minimum Gasteiger partial charge on any atom is -0.329 e. The van der Waals surface area contributed by atoms with E-state index in [1.54, 1.807) is 6.20 Å². The molecule has 3 heterocycles. The Morgan fingerprint density at radius 1 is 1.32 bits per heavy atom. The first-order chi connectivity index (χ1) is 9.22. The lowest BCUT2D eigenvalue weighted by atomic mass is 10.2. The van der Waals surface area contributed by atoms with Crippen LogP contribution in [0.1, 0.15) is 25.3 Å². The van der Waals surface area contributed by atoms with Gasteiger partial charge in [-0.15, -0.1) is 0 Å². The van der Waals surface area contributed by atoms with Gasteiger partial charge in [-0.3, -0.25) is 9.47 Å². The van der Waals surface area contributed by atoms with E-state index >= 15 is 0 Å². The van der Waals surface area contributed by atoms with Crippen LogP contribution in [-0.2, 0) is 0 Å². The van der Waals surface area contributed by atoms with E-state index in [9.17, 15) is 0 Å². The van der Waals surface area contributed by atoms with Crippen LogP contribution in [0.15, 0.2) is 12.3 Å². The maximum absolute atomic E-state index is 5.98. The minimum atomic E-state index is 0.440. The topological polar surface area (TPSA) is 36.9 Å². The summed E-state index contributed by atoms with van der Waals surface area (Å²) in [5.41, 5.74) is 1.86. The Kier molecular flexibility index (Phi) is 2.69. The number of nitrogens with zero attached hydrogens (tertiary/aromatic N) is 3. The predicted octanol–water partition coefficient (Wildman–Crippen LogP) is 3.16. The van der Waals surface area contributed by atoms with Gasteiger partial charge in [0.1, 0.15) is 0 Å². The molecule has 1 aliphatic carbocycles. The maximum Gasteiger partial charge on any atom is 0.179 e. The zero-order valence-corrected chi connectivity index (χ0v) is 12.0. The van der Waals surface area contributed by atoms with Gasteiger partial charge in [-0.1, -0.05) is 11.6 Å². The zero-order valence-electron chi connectivity index (χ0n) is 10.5. The van der Waals surface area contributed by atoms with Gasteiger partial charge in [0.05, 0.1) is 16.6 Å². The van der Waals surface area contributed by atoms with E-state index in [0.29, 0.717) is 11.1 Å². The maximum atomic E-state index is 5.98. The molecule has 1 N–H and O–H groups in total. The van der Waals surface area contributed by atoms with Gasteiger partial charge in [0.2, 0.25) is 0 Å². The van der Waals surface area contributed by atoms with Crippen molar-refractivity contribution in [2.45, 2.75) is 31.3 Å². The number of nitrogens with one attached hydrogen (secondary N) is 1. The molecule has 1 aliphatic heterocycles. The van der Waals surface area contributed by atoms with Gasteiger partial charge < -0.3 is 4.98 Å². The van der Waals surface area contributed by atoms with E-state index in [2.05, 4.69) is 19.4 Å². The summed E-state index contributed by atoms with van der Waals surface area (Å²) in [5, 5.41) is 0.641. The lowest BCUT2D eigenvalue weighted by molar-refractivity contribution is 0.314. The molecule has 0 aromatic carbocycles. The van der Waals surface area contributed by atoms with E-state index < -0.39 is 0 Å². The number of rotatable bonds is 2. The molecule has 0 radical (unpaired) electrons. The minimum absolute atomic E-state index is 0.440. The number of pyridine rings is 1. The van der Waals surface area contributed by atoms with Crippen LogP contribution < -0.4 is 0 Å². The fourth-order valence-corrected chi connectivity index (χ4v) is 3.58. The summed E-state index contributed by atoms with van der Waals surface area (Å²) in [4.78, 5) is 10.2. The monoisotopic (exact) mass is 294 g/mol. The fourth-order valence-electron chi connectivity index (χ4n) is 3.08. The zero-order chi connectivity index (χ0) is 13.0. The Balaban J connectivity index is 1.74. The van der Waals surface area contributed by atoms with E-state index in [-0.39, 0.29) is 0 Å². The van der Waals surface area contributed by atoms with E-state index in [0.717, 1.165) is 34.9 Å². The highest BCUT2D eigenvalue weighted by atomic mass is 35.5. The molecule has 2 aliphatic rings. The van der Waals surface area contributed by atoms with Gasteiger partial charge >= 0.3 is 0 Å². The van der Waals surface area contributed by atoms with Gasteiger partial charge in [-0.2, -0.15) is 0 Å². The van der Waals surface area contributed by atoms with Crippen molar-refractivity contribution in [3.05, 3.63) is 22.1 Å². The van der Waals surface area contributed by atoms with E-state index in [1.165, 1.54) is 19.4 Å². The first-order valence-electron chi connectivity index (χ1n) is 6.72. The third-order valence-corrected chi connectivity index (χ3v) is 4.65. The van der Waals surface area contributed by atoms with Gasteiger partial charge in [-0.05, 0) is 37.5 Å². The van der Waals surface area contributed by atoms with Crippen LogP contribution in [0, 0.1) is 4.77 Å². The van der Waals surface area contributed by atoms with Crippen molar-refractivity contribution in [2.24, 2.45) is 0 Å². The number of H-pyrrole nitrogens is 1. The largest absolute Gasteiger partial charge is 0.329 e. The Morgan fingerprint density at radius 2 is 2.16 bits per heavy atom. The summed E-state index contributed by atoms with van der Waals surface area (Å²) in [7, 11) is 0. The number of hydrogen-bond acceptors (Lipinski definition) is 3. The van der Waals surface area contributed by atoms with Crippen LogP contribution in [0.2, 0.25) is 5.02 Å². The second-order valence-corrected chi connectivity index (χ2v) is 6.32. The summed E-state index contributed by atoms with van der Waals surface area (Å²) >= 11 is 11.4. The molecule has 2 aromatic heterocycles. The molecule has 6 heteroatoms. The van der Waals surface area contributed by atoms with Crippen LogP contribution in [0.5, 0.6) is 0 Å². The van der Waals surface area contributed by atoms with E-state index in [4.69, 9.17) is 23.8 Å². The van der Waals surface area contributed by atoms with E-state index in [1.807, 2.05) is 6.07 Å². The van der Waals surface area contributed by atoms with Crippen molar-refractivity contribution >= 4 is 35.0 Å². The molecule has 19 heavy (non-hydrogen) atoms.